The molecule has 2 atom stereocenters. The van der Waals surface area contributed by atoms with Gasteiger partial charge in [0, 0.05) is 31.9 Å². The van der Waals surface area contributed by atoms with Gasteiger partial charge in [-0.1, -0.05) is 12.1 Å². The molecular formula is C21H25NO8. The minimum absolute atomic E-state index is 0.0875. The predicted octanol–water partition coefficient (Wildman–Crippen LogP) is 2.47. The quantitative estimate of drug-likeness (QED) is 0.538. The van der Waals surface area contributed by atoms with Gasteiger partial charge in [-0.2, -0.15) is 0 Å². The highest BCUT2D eigenvalue weighted by Crippen LogP contribution is 2.34. The fraction of sp³-hybridized carbons (Fsp3) is 0.381. The van der Waals surface area contributed by atoms with Gasteiger partial charge in [0.15, 0.2) is 17.6 Å². The summed E-state index contributed by atoms with van der Waals surface area (Å²) < 4.78 is 27.0. The molecule has 162 valence electrons. The molecule has 0 radical (unpaired) electrons. The second kappa shape index (κ2) is 10.7. The van der Waals surface area contributed by atoms with Crippen LogP contribution in [0.15, 0.2) is 42.5 Å². The van der Waals surface area contributed by atoms with E-state index in [2.05, 4.69) is 5.32 Å². The lowest BCUT2D eigenvalue weighted by Gasteiger charge is -2.26. The second-order valence-corrected chi connectivity index (χ2v) is 6.45. The summed E-state index contributed by atoms with van der Waals surface area (Å²) in [5.74, 6) is 1.73. The number of aliphatic hydroxyl groups excluding tert-OH is 2. The van der Waals surface area contributed by atoms with Crippen LogP contribution in [0.1, 0.15) is 18.1 Å². The number of hydrogen-bond acceptors (Lipinski definition) is 8. The van der Waals surface area contributed by atoms with Gasteiger partial charge in [-0.25, -0.2) is 4.79 Å². The number of nitrogens with one attached hydrogen (secondary N) is 1. The van der Waals surface area contributed by atoms with Gasteiger partial charge in [-0.3, -0.25) is 5.32 Å². The number of carbonyl (C=O) groups is 1. The molecule has 1 heterocycles. The van der Waals surface area contributed by atoms with E-state index in [1.807, 2.05) is 0 Å². The van der Waals surface area contributed by atoms with E-state index >= 15 is 0 Å². The molecule has 1 aliphatic rings. The number of aliphatic hydroxyl groups is 2. The molecule has 0 aromatic heterocycles. The third kappa shape index (κ3) is 5.53. The number of methoxy groups -OCH3 is 1. The molecule has 3 N–H and O–H groups in total. The average Bonchev–Trinajstić information content (AvgIpc) is 3.23. The van der Waals surface area contributed by atoms with Crippen molar-refractivity contribution in [3.63, 3.8) is 0 Å². The predicted molar refractivity (Wildman–Crippen MR) is 107 cm³/mol. The van der Waals surface area contributed by atoms with E-state index in [0.29, 0.717) is 28.5 Å². The fourth-order valence-corrected chi connectivity index (χ4v) is 3.03. The van der Waals surface area contributed by atoms with Crippen LogP contribution in [0, 0.1) is 0 Å². The average molecular weight is 419 g/mol. The summed E-state index contributed by atoms with van der Waals surface area (Å²) in [6.07, 6.45) is -1.72. The van der Waals surface area contributed by atoms with E-state index in [0.717, 1.165) is 0 Å². The van der Waals surface area contributed by atoms with Crippen LogP contribution in [0.5, 0.6) is 17.2 Å². The first-order chi connectivity index (χ1) is 14.6. The van der Waals surface area contributed by atoms with E-state index in [-0.39, 0.29) is 33.0 Å². The molecule has 9 nitrogen and oxygen atoms in total. The molecule has 0 spiro atoms. The Hall–Kier alpha value is -3.01. The van der Waals surface area contributed by atoms with Gasteiger partial charge in [0.1, 0.15) is 18.5 Å². The van der Waals surface area contributed by atoms with Gasteiger partial charge in [0.2, 0.25) is 6.79 Å². The molecule has 0 bridgehead atoms. The largest absolute Gasteiger partial charge is 0.491 e. The Bertz CT molecular complexity index is 826. The Morgan fingerprint density at radius 1 is 1.10 bits per heavy atom. The number of rotatable bonds is 10. The number of fused-ring (bicyclic) bond motifs is 1. The summed E-state index contributed by atoms with van der Waals surface area (Å²) in [4.78, 5) is 12.6. The first-order valence-corrected chi connectivity index (χ1v) is 9.49. The zero-order valence-electron chi connectivity index (χ0n) is 16.6. The molecule has 1 aliphatic heterocycles. The zero-order valence-corrected chi connectivity index (χ0v) is 16.6. The number of hydrogen-bond donors (Lipinski definition) is 3. The van der Waals surface area contributed by atoms with E-state index in [9.17, 15) is 9.90 Å². The molecule has 0 saturated carbocycles. The molecule has 0 saturated heterocycles. The van der Waals surface area contributed by atoms with Crippen molar-refractivity contribution >= 4 is 11.8 Å². The number of anilines is 1. The monoisotopic (exact) mass is 419 g/mol. The Morgan fingerprint density at radius 2 is 1.87 bits per heavy atom. The maximum absolute atomic E-state index is 12.6. The van der Waals surface area contributed by atoms with Crippen molar-refractivity contribution < 1.29 is 38.7 Å². The Balaban J connectivity index is 1.72. The van der Waals surface area contributed by atoms with Crippen LogP contribution in [-0.4, -0.2) is 56.1 Å². The summed E-state index contributed by atoms with van der Waals surface area (Å²) >= 11 is 0. The first-order valence-electron chi connectivity index (χ1n) is 9.49. The van der Waals surface area contributed by atoms with Crippen molar-refractivity contribution in [1.82, 2.24) is 0 Å². The SMILES string of the molecule is CO[C@H](CCO)[C@H](OC(=O)Nc1ccc2c(c1)OCO2)c1ccc(OCCO)cc1. The van der Waals surface area contributed by atoms with E-state index < -0.39 is 18.3 Å². The Labute approximate surface area is 174 Å². The van der Waals surface area contributed by atoms with Crippen LogP contribution in [0.3, 0.4) is 0 Å². The molecular weight excluding hydrogens is 394 g/mol. The van der Waals surface area contributed by atoms with E-state index in [1.165, 1.54) is 7.11 Å². The van der Waals surface area contributed by atoms with Crippen molar-refractivity contribution in [1.29, 1.82) is 0 Å². The first kappa shape index (κ1) is 21.7. The smallest absolute Gasteiger partial charge is 0.412 e. The lowest BCUT2D eigenvalue weighted by Crippen LogP contribution is -2.28. The molecule has 2 aromatic carbocycles. The summed E-state index contributed by atoms with van der Waals surface area (Å²) in [6.45, 7) is 0.109. The van der Waals surface area contributed by atoms with Crippen LogP contribution in [0.2, 0.25) is 0 Å². The minimum Gasteiger partial charge on any atom is -0.491 e. The number of benzene rings is 2. The Kier molecular flexibility index (Phi) is 7.72. The van der Waals surface area contributed by atoms with Gasteiger partial charge < -0.3 is 33.9 Å². The zero-order chi connectivity index (χ0) is 21.3. The molecule has 30 heavy (non-hydrogen) atoms. The highest BCUT2D eigenvalue weighted by atomic mass is 16.7. The molecule has 0 fully saturated rings. The summed E-state index contributed by atoms with van der Waals surface area (Å²) in [6, 6.07) is 11.9. The summed E-state index contributed by atoms with van der Waals surface area (Å²) in [7, 11) is 1.49. The van der Waals surface area contributed by atoms with Crippen LogP contribution in [-0.2, 0) is 9.47 Å². The van der Waals surface area contributed by atoms with Gasteiger partial charge >= 0.3 is 6.09 Å². The lowest BCUT2D eigenvalue weighted by molar-refractivity contribution is -0.0306. The van der Waals surface area contributed by atoms with Gasteiger partial charge in [-0.15, -0.1) is 0 Å². The molecule has 2 aromatic rings. The van der Waals surface area contributed by atoms with Crippen molar-refractivity contribution in [2.24, 2.45) is 0 Å². The Morgan fingerprint density at radius 3 is 2.57 bits per heavy atom. The number of amides is 1. The third-order valence-electron chi connectivity index (χ3n) is 4.48. The van der Waals surface area contributed by atoms with Crippen LogP contribution >= 0.6 is 0 Å². The van der Waals surface area contributed by atoms with Crippen LogP contribution in [0.4, 0.5) is 10.5 Å². The molecule has 1 amide bonds. The molecule has 0 unspecified atom stereocenters. The number of carbonyl (C=O) groups excluding carboxylic acids is 1. The maximum Gasteiger partial charge on any atom is 0.412 e. The van der Waals surface area contributed by atoms with Gasteiger partial charge in [0.25, 0.3) is 0 Å². The highest BCUT2D eigenvalue weighted by molar-refractivity contribution is 5.85. The second-order valence-electron chi connectivity index (χ2n) is 6.45. The highest BCUT2D eigenvalue weighted by Gasteiger charge is 2.27. The fourth-order valence-electron chi connectivity index (χ4n) is 3.03. The standard InChI is InChI=1S/C21H25NO8/c1-26-18(8-9-23)20(14-2-5-16(6-3-14)27-11-10-24)30-21(25)22-15-4-7-17-19(12-15)29-13-28-17/h2-7,12,18,20,23-24H,8-11,13H2,1H3,(H,22,25)/t18-,20-/m1/s1. The number of ether oxygens (including phenoxy) is 5. The lowest BCUT2D eigenvalue weighted by atomic mass is 10.0. The van der Waals surface area contributed by atoms with Crippen molar-refractivity contribution in [3.8, 4) is 17.2 Å². The van der Waals surface area contributed by atoms with Crippen LogP contribution in [0.25, 0.3) is 0 Å². The summed E-state index contributed by atoms with van der Waals surface area (Å²) in [5.41, 5.74) is 1.17. The normalized spacial score (nSPS) is 14.1. The molecule has 9 heteroatoms. The van der Waals surface area contributed by atoms with Crippen molar-refractivity contribution in [3.05, 3.63) is 48.0 Å². The van der Waals surface area contributed by atoms with Gasteiger partial charge in [-0.05, 0) is 29.8 Å². The minimum atomic E-state index is -0.761. The maximum atomic E-state index is 12.6. The van der Waals surface area contributed by atoms with Crippen molar-refractivity contribution in [2.75, 3.05) is 39.0 Å². The third-order valence-corrected chi connectivity index (χ3v) is 4.48. The van der Waals surface area contributed by atoms with Gasteiger partial charge in [0.05, 0.1) is 6.61 Å². The molecule has 0 aliphatic carbocycles. The molecule has 3 rings (SSSR count). The van der Waals surface area contributed by atoms with Crippen molar-refractivity contribution in [2.45, 2.75) is 18.6 Å². The summed E-state index contributed by atoms with van der Waals surface area (Å²) in [5, 5.41) is 20.9. The van der Waals surface area contributed by atoms with Crippen LogP contribution < -0.4 is 19.5 Å². The topological polar surface area (TPSA) is 116 Å². The van der Waals surface area contributed by atoms with E-state index in [4.69, 9.17) is 28.8 Å². The van der Waals surface area contributed by atoms with E-state index in [1.54, 1.807) is 42.5 Å².